The number of benzene rings is 2. The van der Waals surface area contributed by atoms with Crippen LogP contribution in [0.4, 0.5) is 0 Å². The number of hydrogen-bond donors (Lipinski definition) is 0. The second-order valence-corrected chi connectivity index (χ2v) is 7.32. The lowest BCUT2D eigenvalue weighted by molar-refractivity contribution is -0.148. The Morgan fingerprint density at radius 3 is 2.19 bits per heavy atom. The molecule has 2 amide bonds. The highest BCUT2D eigenvalue weighted by atomic mass is 16.2. The highest BCUT2D eigenvalue weighted by Gasteiger charge is 2.41. The van der Waals surface area contributed by atoms with Gasteiger partial charge in [0.05, 0.1) is 5.92 Å². The van der Waals surface area contributed by atoms with Crippen molar-refractivity contribution in [2.24, 2.45) is 11.8 Å². The maximum absolute atomic E-state index is 13.2. The van der Waals surface area contributed by atoms with Gasteiger partial charge in [-0.1, -0.05) is 62.4 Å². The van der Waals surface area contributed by atoms with E-state index in [1.54, 1.807) is 4.90 Å². The Labute approximate surface area is 155 Å². The number of carbonyl (C=O) groups excluding carboxylic acids is 2. The van der Waals surface area contributed by atoms with Crippen molar-refractivity contribution in [2.75, 3.05) is 13.6 Å². The molecule has 0 radical (unpaired) electrons. The zero-order valence-electron chi connectivity index (χ0n) is 15.6. The molecule has 2 aromatic carbocycles. The van der Waals surface area contributed by atoms with Crippen LogP contribution < -0.4 is 0 Å². The first-order valence-electron chi connectivity index (χ1n) is 9.15. The molecule has 0 bridgehead atoms. The topological polar surface area (TPSA) is 40.6 Å². The summed E-state index contributed by atoms with van der Waals surface area (Å²) in [6.07, 6.45) is 0.426. The first-order chi connectivity index (χ1) is 12.5. The molecule has 2 aromatic rings. The summed E-state index contributed by atoms with van der Waals surface area (Å²) < 4.78 is 0. The molecule has 1 aliphatic heterocycles. The zero-order valence-corrected chi connectivity index (χ0v) is 15.6. The molecule has 0 aromatic heterocycles. The third kappa shape index (κ3) is 3.64. The van der Waals surface area contributed by atoms with Gasteiger partial charge in [0.25, 0.3) is 5.91 Å². The fourth-order valence-corrected chi connectivity index (χ4v) is 3.86. The fraction of sp³-hybridized carbons (Fsp3) is 0.364. The van der Waals surface area contributed by atoms with Gasteiger partial charge in [-0.15, -0.1) is 0 Å². The maximum Gasteiger partial charge on any atom is 0.255 e. The molecule has 1 fully saturated rings. The zero-order chi connectivity index (χ0) is 18.7. The van der Waals surface area contributed by atoms with Gasteiger partial charge >= 0.3 is 0 Å². The summed E-state index contributed by atoms with van der Waals surface area (Å²) in [7, 11) is 1.81. The molecule has 2 atom stereocenters. The number of hydrogen-bond acceptors (Lipinski definition) is 2. The van der Waals surface area contributed by atoms with Crippen molar-refractivity contribution in [2.45, 2.75) is 26.4 Å². The first-order valence-corrected chi connectivity index (χ1v) is 9.15. The average molecular weight is 350 g/mol. The van der Waals surface area contributed by atoms with Gasteiger partial charge in [-0.2, -0.15) is 0 Å². The smallest absolute Gasteiger partial charge is 0.255 e. The summed E-state index contributed by atoms with van der Waals surface area (Å²) in [5.41, 5.74) is 1.79. The van der Waals surface area contributed by atoms with Gasteiger partial charge in [0.15, 0.2) is 0 Å². The van der Waals surface area contributed by atoms with Crippen LogP contribution in [0.1, 0.15) is 29.8 Å². The molecule has 1 unspecified atom stereocenters. The largest absolute Gasteiger partial charge is 0.325 e. The maximum atomic E-state index is 13.2. The molecule has 0 saturated carbocycles. The van der Waals surface area contributed by atoms with Crippen LogP contribution in [-0.2, 0) is 11.2 Å². The second kappa shape index (κ2) is 7.73. The monoisotopic (exact) mass is 350 g/mol. The predicted molar refractivity (Wildman–Crippen MR) is 103 cm³/mol. The van der Waals surface area contributed by atoms with E-state index in [1.807, 2.05) is 72.6 Å². The standard InChI is InChI=1S/C22H26N2O2/c1-16(2)20-23(3)21(25)19(14-17-10-6-4-7-11-17)15-24(20)22(26)18-12-8-5-9-13-18/h4-13,16,19-20H,14-15H2,1-3H3/t19?,20-/m1/s1. The van der Waals surface area contributed by atoms with Gasteiger partial charge < -0.3 is 9.80 Å². The van der Waals surface area contributed by atoms with Crippen LogP contribution in [0.2, 0.25) is 0 Å². The average Bonchev–Trinajstić information content (AvgIpc) is 2.66. The lowest BCUT2D eigenvalue weighted by atomic mass is 9.92. The highest BCUT2D eigenvalue weighted by molar-refractivity contribution is 5.95. The molecule has 1 aliphatic rings. The minimum Gasteiger partial charge on any atom is -0.325 e. The molecule has 1 heterocycles. The summed E-state index contributed by atoms with van der Waals surface area (Å²) in [5.74, 6) is 0.0470. The van der Waals surface area contributed by atoms with Crippen molar-refractivity contribution in [3.63, 3.8) is 0 Å². The summed E-state index contributed by atoms with van der Waals surface area (Å²) in [4.78, 5) is 29.7. The van der Waals surface area contributed by atoms with Crippen LogP contribution in [0.25, 0.3) is 0 Å². The minimum absolute atomic E-state index is 0.0123. The van der Waals surface area contributed by atoms with Crippen LogP contribution in [0.3, 0.4) is 0 Å². The highest BCUT2D eigenvalue weighted by Crippen LogP contribution is 2.27. The fourth-order valence-electron chi connectivity index (χ4n) is 3.86. The van der Waals surface area contributed by atoms with E-state index in [0.29, 0.717) is 18.5 Å². The molecule has 0 spiro atoms. The minimum atomic E-state index is -0.220. The van der Waals surface area contributed by atoms with Gasteiger partial charge in [-0.05, 0) is 30.0 Å². The molecule has 3 rings (SSSR count). The van der Waals surface area contributed by atoms with Crippen molar-refractivity contribution in [3.8, 4) is 0 Å². The molecule has 4 nitrogen and oxygen atoms in total. The number of rotatable bonds is 4. The van der Waals surface area contributed by atoms with E-state index >= 15 is 0 Å². The van der Waals surface area contributed by atoms with Gasteiger partial charge in [-0.25, -0.2) is 0 Å². The van der Waals surface area contributed by atoms with E-state index in [1.165, 1.54) is 0 Å². The molecular formula is C22H26N2O2. The van der Waals surface area contributed by atoms with E-state index in [9.17, 15) is 9.59 Å². The van der Waals surface area contributed by atoms with Crippen LogP contribution in [-0.4, -0.2) is 41.4 Å². The number of carbonyl (C=O) groups is 2. The quantitative estimate of drug-likeness (QED) is 0.847. The Bertz CT molecular complexity index is 758. The van der Waals surface area contributed by atoms with Gasteiger partial charge in [0, 0.05) is 19.2 Å². The van der Waals surface area contributed by atoms with Crippen molar-refractivity contribution in [1.82, 2.24) is 9.80 Å². The number of amides is 2. The molecule has 26 heavy (non-hydrogen) atoms. The van der Waals surface area contributed by atoms with E-state index < -0.39 is 0 Å². The van der Waals surface area contributed by atoms with Crippen molar-refractivity contribution < 1.29 is 9.59 Å². The van der Waals surface area contributed by atoms with E-state index in [0.717, 1.165) is 5.56 Å². The molecular weight excluding hydrogens is 324 g/mol. The Balaban J connectivity index is 1.89. The van der Waals surface area contributed by atoms with Crippen LogP contribution in [0, 0.1) is 11.8 Å². The van der Waals surface area contributed by atoms with Gasteiger partial charge in [-0.3, -0.25) is 9.59 Å². The van der Waals surface area contributed by atoms with E-state index in [4.69, 9.17) is 0 Å². The van der Waals surface area contributed by atoms with Crippen LogP contribution >= 0.6 is 0 Å². The van der Waals surface area contributed by atoms with Crippen molar-refractivity contribution in [1.29, 1.82) is 0 Å². The third-order valence-electron chi connectivity index (χ3n) is 5.03. The summed E-state index contributed by atoms with van der Waals surface area (Å²) in [6.45, 7) is 4.56. The third-order valence-corrected chi connectivity index (χ3v) is 5.03. The molecule has 0 N–H and O–H groups in total. The van der Waals surface area contributed by atoms with Crippen molar-refractivity contribution in [3.05, 3.63) is 71.8 Å². The van der Waals surface area contributed by atoms with Gasteiger partial charge in [0.2, 0.25) is 5.91 Å². The van der Waals surface area contributed by atoms with Crippen LogP contribution in [0.5, 0.6) is 0 Å². The molecule has 4 heteroatoms. The van der Waals surface area contributed by atoms with Crippen LogP contribution in [0.15, 0.2) is 60.7 Å². The second-order valence-electron chi connectivity index (χ2n) is 7.32. The normalized spacial score (nSPS) is 20.5. The summed E-state index contributed by atoms with van der Waals surface area (Å²) in [6, 6.07) is 19.3. The Kier molecular flexibility index (Phi) is 5.40. The Morgan fingerprint density at radius 2 is 1.62 bits per heavy atom. The Morgan fingerprint density at radius 1 is 1.04 bits per heavy atom. The first kappa shape index (κ1) is 18.2. The van der Waals surface area contributed by atoms with E-state index in [-0.39, 0.29) is 29.8 Å². The predicted octanol–water partition coefficient (Wildman–Crippen LogP) is 3.44. The van der Waals surface area contributed by atoms with E-state index in [2.05, 4.69) is 13.8 Å². The Hall–Kier alpha value is -2.62. The molecule has 1 saturated heterocycles. The number of nitrogens with zero attached hydrogens (tertiary/aromatic N) is 2. The summed E-state index contributed by atoms with van der Waals surface area (Å²) >= 11 is 0. The van der Waals surface area contributed by atoms with Crippen molar-refractivity contribution >= 4 is 11.8 Å². The lowest BCUT2D eigenvalue weighted by Crippen LogP contribution is -2.62. The summed E-state index contributed by atoms with van der Waals surface area (Å²) in [5, 5.41) is 0. The van der Waals surface area contributed by atoms with Gasteiger partial charge in [0.1, 0.15) is 6.17 Å². The lowest BCUT2D eigenvalue weighted by Gasteiger charge is -2.47. The SMILES string of the molecule is CC(C)[C@@H]1N(C)C(=O)C(Cc2ccccc2)CN1C(=O)c1ccccc1. The molecule has 0 aliphatic carbocycles. The molecule has 136 valence electrons.